The highest BCUT2D eigenvalue weighted by Crippen LogP contribution is 2.04. The summed E-state index contributed by atoms with van der Waals surface area (Å²) in [4.78, 5) is 11.4. The van der Waals surface area contributed by atoms with Crippen LogP contribution in [0.5, 0.6) is 0 Å². The van der Waals surface area contributed by atoms with Gasteiger partial charge in [-0.05, 0) is 25.3 Å². The molecular formula is C9H18N2O. The molecule has 0 spiro atoms. The van der Waals surface area contributed by atoms with Gasteiger partial charge in [0.2, 0.25) is 5.91 Å². The average Bonchev–Trinajstić information content (AvgIpc) is 2.51. The van der Waals surface area contributed by atoms with Crippen molar-refractivity contribution in [3.8, 4) is 0 Å². The minimum atomic E-state index is 0.0729. The summed E-state index contributed by atoms with van der Waals surface area (Å²) in [5.74, 6) is 0.705. The summed E-state index contributed by atoms with van der Waals surface area (Å²) in [6.07, 6.45) is 2.11. The van der Waals surface area contributed by atoms with Gasteiger partial charge in [0.15, 0.2) is 0 Å². The zero-order chi connectivity index (χ0) is 8.97. The number of hydrogen-bond donors (Lipinski definition) is 2. The smallest absolute Gasteiger partial charge is 0.237 e. The van der Waals surface area contributed by atoms with Gasteiger partial charge in [0, 0.05) is 6.54 Å². The van der Waals surface area contributed by atoms with Crippen LogP contribution in [0.1, 0.15) is 26.7 Å². The SMILES string of the molecule is CC(C)CNC(=O)[C@@H]1CCCN1. The van der Waals surface area contributed by atoms with Crippen LogP contribution in [0.2, 0.25) is 0 Å². The van der Waals surface area contributed by atoms with E-state index in [1.807, 2.05) is 0 Å². The summed E-state index contributed by atoms with van der Waals surface area (Å²) in [5, 5.41) is 6.09. The van der Waals surface area contributed by atoms with Gasteiger partial charge in [0.1, 0.15) is 0 Å². The molecule has 1 amide bonds. The molecule has 0 bridgehead atoms. The first-order valence-corrected chi connectivity index (χ1v) is 4.71. The van der Waals surface area contributed by atoms with Crippen LogP contribution in [0.15, 0.2) is 0 Å². The van der Waals surface area contributed by atoms with E-state index >= 15 is 0 Å². The van der Waals surface area contributed by atoms with Gasteiger partial charge in [0.05, 0.1) is 6.04 Å². The zero-order valence-electron chi connectivity index (χ0n) is 7.89. The highest BCUT2D eigenvalue weighted by Gasteiger charge is 2.21. The van der Waals surface area contributed by atoms with E-state index in [-0.39, 0.29) is 11.9 Å². The Morgan fingerprint density at radius 2 is 2.42 bits per heavy atom. The summed E-state index contributed by atoms with van der Waals surface area (Å²) in [6, 6.07) is 0.0729. The molecule has 3 nitrogen and oxygen atoms in total. The van der Waals surface area contributed by atoms with Gasteiger partial charge in [-0.2, -0.15) is 0 Å². The van der Waals surface area contributed by atoms with Gasteiger partial charge >= 0.3 is 0 Å². The minimum Gasteiger partial charge on any atom is -0.354 e. The first-order valence-electron chi connectivity index (χ1n) is 4.71. The van der Waals surface area contributed by atoms with Crippen molar-refractivity contribution in [2.75, 3.05) is 13.1 Å². The predicted octanol–water partition coefficient (Wildman–Crippen LogP) is 0.511. The lowest BCUT2D eigenvalue weighted by Crippen LogP contribution is -2.41. The monoisotopic (exact) mass is 170 g/mol. The van der Waals surface area contributed by atoms with Crippen LogP contribution in [0.3, 0.4) is 0 Å². The lowest BCUT2D eigenvalue weighted by molar-refractivity contribution is -0.122. The Hall–Kier alpha value is -0.570. The Labute approximate surface area is 73.9 Å². The van der Waals surface area contributed by atoms with Crippen LogP contribution in [0.4, 0.5) is 0 Å². The third kappa shape index (κ3) is 2.81. The van der Waals surface area contributed by atoms with Gasteiger partial charge < -0.3 is 10.6 Å². The second kappa shape index (κ2) is 4.45. The maximum Gasteiger partial charge on any atom is 0.237 e. The molecule has 1 rings (SSSR count). The number of hydrogen-bond acceptors (Lipinski definition) is 2. The van der Waals surface area contributed by atoms with E-state index in [1.165, 1.54) is 0 Å². The highest BCUT2D eigenvalue weighted by atomic mass is 16.2. The topological polar surface area (TPSA) is 41.1 Å². The third-order valence-electron chi connectivity index (χ3n) is 2.06. The van der Waals surface area contributed by atoms with E-state index < -0.39 is 0 Å². The largest absolute Gasteiger partial charge is 0.354 e. The maximum absolute atomic E-state index is 11.4. The molecule has 0 saturated carbocycles. The van der Waals surface area contributed by atoms with Gasteiger partial charge in [-0.15, -0.1) is 0 Å². The Balaban J connectivity index is 2.18. The molecule has 1 atom stereocenters. The molecule has 1 aliphatic heterocycles. The third-order valence-corrected chi connectivity index (χ3v) is 2.06. The normalized spacial score (nSPS) is 23.1. The molecule has 70 valence electrons. The molecule has 0 aromatic carbocycles. The fraction of sp³-hybridized carbons (Fsp3) is 0.889. The van der Waals surface area contributed by atoms with Crippen molar-refractivity contribution in [3.63, 3.8) is 0 Å². The van der Waals surface area contributed by atoms with E-state index in [0.29, 0.717) is 5.92 Å². The molecule has 0 aromatic rings. The summed E-state index contributed by atoms with van der Waals surface area (Å²) in [5.41, 5.74) is 0. The van der Waals surface area contributed by atoms with Gasteiger partial charge in [-0.25, -0.2) is 0 Å². The molecule has 0 unspecified atom stereocenters. The number of carbonyl (C=O) groups is 1. The van der Waals surface area contributed by atoms with Crippen molar-refractivity contribution in [3.05, 3.63) is 0 Å². The molecule has 0 aliphatic carbocycles. The van der Waals surface area contributed by atoms with E-state index in [1.54, 1.807) is 0 Å². The molecule has 1 saturated heterocycles. The van der Waals surface area contributed by atoms with Crippen LogP contribution in [0.25, 0.3) is 0 Å². The summed E-state index contributed by atoms with van der Waals surface area (Å²) in [7, 11) is 0. The fourth-order valence-corrected chi connectivity index (χ4v) is 1.34. The standard InChI is InChI=1S/C9H18N2O/c1-7(2)6-11-9(12)8-4-3-5-10-8/h7-8,10H,3-6H2,1-2H3,(H,11,12)/t8-/m0/s1. The van der Waals surface area contributed by atoms with Crippen molar-refractivity contribution in [2.45, 2.75) is 32.7 Å². The fourth-order valence-electron chi connectivity index (χ4n) is 1.34. The van der Waals surface area contributed by atoms with Crippen molar-refractivity contribution < 1.29 is 4.79 Å². The Morgan fingerprint density at radius 1 is 1.67 bits per heavy atom. The Morgan fingerprint density at radius 3 is 2.92 bits per heavy atom. The van der Waals surface area contributed by atoms with E-state index in [2.05, 4.69) is 24.5 Å². The predicted molar refractivity (Wildman–Crippen MR) is 48.9 cm³/mol. The maximum atomic E-state index is 11.4. The first kappa shape index (κ1) is 9.52. The second-order valence-corrected chi connectivity index (χ2v) is 3.79. The number of rotatable bonds is 3. The van der Waals surface area contributed by atoms with Crippen LogP contribution >= 0.6 is 0 Å². The van der Waals surface area contributed by atoms with E-state index in [9.17, 15) is 4.79 Å². The molecular weight excluding hydrogens is 152 g/mol. The first-order chi connectivity index (χ1) is 5.70. The molecule has 1 heterocycles. The average molecular weight is 170 g/mol. The molecule has 2 N–H and O–H groups in total. The van der Waals surface area contributed by atoms with Crippen LogP contribution in [-0.4, -0.2) is 25.0 Å². The van der Waals surface area contributed by atoms with Crippen molar-refractivity contribution >= 4 is 5.91 Å². The Bertz CT molecular complexity index is 151. The summed E-state index contributed by atoms with van der Waals surface area (Å²) in [6.45, 7) is 5.97. The van der Waals surface area contributed by atoms with Gasteiger partial charge in [-0.1, -0.05) is 13.8 Å². The van der Waals surface area contributed by atoms with Crippen LogP contribution < -0.4 is 10.6 Å². The second-order valence-electron chi connectivity index (χ2n) is 3.79. The van der Waals surface area contributed by atoms with Crippen molar-refractivity contribution in [1.29, 1.82) is 0 Å². The Kier molecular flexibility index (Phi) is 3.53. The van der Waals surface area contributed by atoms with E-state index in [4.69, 9.17) is 0 Å². The zero-order valence-corrected chi connectivity index (χ0v) is 7.89. The lowest BCUT2D eigenvalue weighted by Gasteiger charge is -2.12. The summed E-state index contributed by atoms with van der Waals surface area (Å²) < 4.78 is 0. The van der Waals surface area contributed by atoms with Crippen molar-refractivity contribution in [1.82, 2.24) is 10.6 Å². The number of carbonyl (C=O) groups excluding carboxylic acids is 1. The lowest BCUT2D eigenvalue weighted by atomic mass is 10.2. The number of amides is 1. The molecule has 0 radical (unpaired) electrons. The number of nitrogens with one attached hydrogen (secondary N) is 2. The van der Waals surface area contributed by atoms with Crippen molar-refractivity contribution in [2.24, 2.45) is 5.92 Å². The molecule has 12 heavy (non-hydrogen) atoms. The van der Waals surface area contributed by atoms with Gasteiger partial charge in [-0.3, -0.25) is 4.79 Å². The van der Waals surface area contributed by atoms with Crippen LogP contribution in [-0.2, 0) is 4.79 Å². The molecule has 3 heteroatoms. The van der Waals surface area contributed by atoms with Gasteiger partial charge in [0.25, 0.3) is 0 Å². The highest BCUT2D eigenvalue weighted by molar-refractivity contribution is 5.81. The molecule has 0 aromatic heterocycles. The summed E-state index contributed by atoms with van der Waals surface area (Å²) >= 11 is 0. The minimum absolute atomic E-state index is 0.0729. The molecule has 1 fully saturated rings. The quantitative estimate of drug-likeness (QED) is 0.648. The molecule has 1 aliphatic rings. The van der Waals surface area contributed by atoms with E-state index in [0.717, 1.165) is 25.9 Å². The van der Waals surface area contributed by atoms with Crippen LogP contribution in [0, 0.1) is 5.92 Å².